The average molecular weight is 276 g/mol. The van der Waals surface area contributed by atoms with Crippen LogP contribution in [0.1, 0.15) is 77.6 Å². The first kappa shape index (κ1) is 16.2. The van der Waals surface area contributed by atoms with Crippen LogP contribution in [0, 0.1) is 0 Å². The minimum absolute atomic E-state index is 0.0914. The van der Waals surface area contributed by atoms with Crippen molar-refractivity contribution in [2.75, 3.05) is 6.61 Å². The van der Waals surface area contributed by atoms with Crippen LogP contribution in [-0.4, -0.2) is 17.2 Å². The SMILES string of the molecule is CCCCCCCCOP(=O)(O)C1CCCCC1. The Morgan fingerprint density at radius 2 is 1.67 bits per heavy atom. The third kappa shape index (κ3) is 6.36. The molecule has 0 spiro atoms. The molecule has 1 aliphatic rings. The van der Waals surface area contributed by atoms with E-state index in [1.54, 1.807) is 0 Å². The molecule has 1 saturated carbocycles. The van der Waals surface area contributed by atoms with Crippen LogP contribution >= 0.6 is 7.60 Å². The monoisotopic (exact) mass is 276 g/mol. The summed E-state index contributed by atoms with van der Waals surface area (Å²) in [6.07, 6.45) is 12.2. The van der Waals surface area contributed by atoms with E-state index < -0.39 is 7.60 Å². The van der Waals surface area contributed by atoms with Crippen molar-refractivity contribution in [3.05, 3.63) is 0 Å². The minimum Gasteiger partial charge on any atom is -0.324 e. The minimum atomic E-state index is -3.33. The predicted octanol–water partition coefficient (Wildman–Crippen LogP) is 4.88. The maximum atomic E-state index is 12.0. The Balaban J connectivity index is 2.07. The van der Waals surface area contributed by atoms with Gasteiger partial charge in [0, 0.05) is 0 Å². The molecule has 1 N–H and O–H groups in total. The molecule has 1 rings (SSSR count). The summed E-state index contributed by atoms with van der Waals surface area (Å²) in [5.41, 5.74) is -0.0914. The second-order valence-electron chi connectivity index (χ2n) is 5.46. The number of rotatable bonds is 9. The fourth-order valence-corrected chi connectivity index (χ4v) is 4.21. The number of unbranched alkanes of at least 4 members (excludes halogenated alkanes) is 5. The lowest BCUT2D eigenvalue weighted by Gasteiger charge is -2.25. The lowest BCUT2D eigenvalue weighted by atomic mass is 10.0. The highest BCUT2D eigenvalue weighted by molar-refractivity contribution is 7.53. The maximum Gasteiger partial charge on any atom is 0.331 e. The number of hydrogen-bond acceptors (Lipinski definition) is 2. The van der Waals surface area contributed by atoms with Crippen LogP contribution in [0.5, 0.6) is 0 Å². The first-order valence-electron chi connectivity index (χ1n) is 7.64. The Bertz CT molecular complexity index is 249. The molecule has 0 aromatic carbocycles. The molecule has 1 fully saturated rings. The van der Waals surface area contributed by atoms with Gasteiger partial charge < -0.3 is 9.42 Å². The van der Waals surface area contributed by atoms with Gasteiger partial charge in [-0.25, -0.2) is 0 Å². The zero-order valence-electron chi connectivity index (χ0n) is 11.8. The van der Waals surface area contributed by atoms with Crippen LogP contribution < -0.4 is 0 Å². The maximum absolute atomic E-state index is 12.0. The summed E-state index contributed by atoms with van der Waals surface area (Å²) in [6, 6.07) is 0. The summed E-state index contributed by atoms with van der Waals surface area (Å²) in [7, 11) is -3.33. The Morgan fingerprint density at radius 1 is 1.06 bits per heavy atom. The van der Waals surface area contributed by atoms with Gasteiger partial charge in [-0.3, -0.25) is 4.57 Å². The highest BCUT2D eigenvalue weighted by Gasteiger charge is 2.32. The Kier molecular flexibility index (Phi) is 8.21. The van der Waals surface area contributed by atoms with Gasteiger partial charge in [0.15, 0.2) is 0 Å². The van der Waals surface area contributed by atoms with Crippen molar-refractivity contribution < 1.29 is 14.0 Å². The van der Waals surface area contributed by atoms with Crippen LogP contribution in [0.2, 0.25) is 0 Å². The molecule has 0 saturated heterocycles. The van der Waals surface area contributed by atoms with Crippen molar-refractivity contribution >= 4 is 7.60 Å². The van der Waals surface area contributed by atoms with Crippen LogP contribution in [0.3, 0.4) is 0 Å². The second kappa shape index (κ2) is 9.12. The van der Waals surface area contributed by atoms with Crippen molar-refractivity contribution in [3.8, 4) is 0 Å². The summed E-state index contributed by atoms with van der Waals surface area (Å²) in [5.74, 6) is 0. The van der Waals surface area contributed by atoms with Crippen molar-refractivity contribution in [3.63, 3.8) is 0 Å². The molecule has 0 aromatic rings. The molecule has 0 radical (unpaired) electrons. The van der Waals surface area contributed by atoms with Gasteiger partial charge in [-0.2, -0.15) is 0 Å². The first-order valence-corrected chi connectivity index (χ1v) is 9.28. The Labute approximate surface area is 112 Å². The van der Waals surface area contributed by atoms with E-state index in [0.29, 0.717) is 6.61 Å². The standard InChI is InChI=1S/C14H29O3P/c1-2-3-4-5-6-10-13-17-18(15,16)14-11-8-7-9-12-14/h14H,2-13H2,1H3,(H,15,16). The third-order valence-electron chi connectivity index (χ3n) is 3.81. The van der Waals surface area contributed by atoms with E-state index in [2.05, 4.69) is 6.92 Å². The van der Waals surface area contributed by atoms with E-state index >= 15 is 0 Å². The molecule has 3 nitrogen and oxygen atoms in total. The summed E-state index contributed by atoms with van der Waals surface area (Å²) >= 11 is 0. The van der Waals surface area contributed by atoms with Gasteiger partial charge in [0.1, 0.15) is 0 Å². The Morgan fingerprint density at radius 3 is 2.33 bits per heavy atom. The second-order valence-corrected chi connectivity index (χ2v) is 7.57. The molecule has 1 unspecified atom stereocenters. The highest BCUT2D eigenvalue weighted by Crippen LogP contribution is 2.52. The van der Waals surface area contributed by atoms with Gasteiger partial charge in [-0.05, 0) is 19.3 Å². The lowest BCUT2D eigenvalue weighted by molar-refractivity contribution is 0.237. The lowest BCUT2D eigenvalue weighted by Crippen LogP contribution is -2.14. The topological polar surface area (TPSA) is 46.5 Å². The predicted molar refractivity (Wildman–Crippen MR) is 76.0 cm³/mol. The fourth-order valence-electron chi connectivity index (χ4n) is 2.59. The van der Waals surface area contributed by atoms with Crippen LogP contribution in [0.4, 0.5) is 0 Å². The highest BCUT2D eigenvalue weighted by atomic mass is 31.2. The molecular formula is C14H29O3P. The molecule has 0 aromatic heterocycles. The van der Waals surface area contributed by atoms with Crippen LogP contribution in [-0.2, 0) is 9.09 Å². The van der Waals surface area contributed by atoms with Crippen molar-refractivity contribution in [1.82, 2.24) is 0 Å². The fraction of sp³-hybridized carbons (Fsp3) is 1.00. The van der Waals surface area contributed by atoms with Gasteiger partial charge in [-0.1, -0.05) is 58.3 Å². The molecular weight excluding hydrogens is 247 g/mol. The van der Waals surface area contributed by atoms with Gasteiger partial charge in [0.2, 0.25) is 0 Å². The van der Waals surface area contributed by atoms with Crippen molar-refractivity contribution in [2.24, 2.45) is 0 Å². The summed E-state index contributed by atoms with van der Waals surface area (Å²) in [4.78, 5) is 9.91. The van der Waals surface area contributed by atoms with E-state index in [1.807, 2.05) is 0 Å². The molecule has 4 heteroatoms. The zero-order valence-corrected chi connectivity index (χ0v) is 12.7. The molecule has 0 aliphatic heterocycles. The molecule has 1 atom stereocenters. The molecule has 0 bridgehead atoms. The van der Waals surface area contributed by atoms with Gasteiger partial charge >= 0.3 is 7.60 Å². The average Bonchev–Trinajstić information content (AvgIpc) is 2.39. The van der Waals surface area contributed by atoms with E-state index in [1.165, 1.54) is 32.1 Å². The first-order chi connectivity index (χ1) is 8.67. The van der Waals surface area contributed by atoms with E-state index in [9.17, 15) is 9.46 Å². The third-order valence-corrected chi connectivity index (χ3v) is 5.80. The summed E-state index contributed by atoms with van der Waals surface area (Å²) in [6.45, 7) is 2.66. The zero-order chi connectivity index (χ0) is 13.3. The molecule has 1 aliphatic carbocycles. The van der Waals surface area contributed by atoms with Gasteiger partial charge in [0.05, 0.1) is 12.3 Å². The van der Waals surface area contributed by atoms with Gasteiger partial charge in [0.25, 0.3) is 0 Å². The molecule has 0 heterocycles. The normalized spacial score (nSPS) is 20.8. The largest absolute Gasteiger partial charge is 0.331 e. The molecule has 0 amide bonds. The van der Waals surface area contributed by atoms with Crippen LogP contribution in [0.15, 0.2) is 0 Å². The summed E-state index contributed by atoms with van der Waals surface area (Å²) < 4.78 is 17.3. The van der Waals surface area contributed by atoms with Crippen molar-refractivity contribution in [1.29, 1.82) is 0 Å². The smallest absolute Gasteiger partial charge is 0.324 e. The van der Waals surface area contributed by atoms with E-state index in [-0.39, 0.29) is 5.66 Å². The molecule has 18 heavy (non-hydrogen) atoms. The van der Waals surface area contributed by atoms with Crippen molar-refractivity contribution in [2.45, 2.75) is 83.2 Å². The number of hydrogen-bond donors (Lipinski definition) is 1. The van der Waals surface area contributed by atoms with E-state index in [4.69, 9.17) is 4.52 Å². The molecule has 108 valence electrons. The summed E-state index contributed by atoms with van der Waals surface area (Å²) in [5, 5.41) is 0. The quantitative estimate of drug-likeness (QED) is 0.482. The van der Waals surface area contributed by atoms with Gasteiger partial charge in [-0.15, -0.1) is 0 Å². The Hall–Kier alpha value is 0.150. The van der Waals surface area contributed by atoms with Crippen LogP contribution in [0.25, 0.3) is 0 Å². The van der Waals surface area contributed by atoms with E-state index in [0.717, 1.165) is 38.5 Å².